The fraction of sp³-hybridized carbons (Fsp3) is 0.867. The van der Waals surface area contributed by atoms with Gasteiger partial charge in [-0.1, -0.05) is 19.8 Å². The SMILES string of the molecule is CCCC(CCC(=O)OC(C)(C)C)CC(N)C(=O)OC. The average molecular weight is 287 g/mol. The van der Waals surface area contributed by atoms with Gasteiger partial charge in [-0.2, -0.15) is 0 Å². The largest absolute Gasteiger partial charge is 0.468 e. The number of ether oxygens (including phenoxy) is 2. The summed E-state index contributed by atoms with van der Waals surface area (Å²) in [6, 6.07) is -0.616. The van der Waals surface area contributed by atoms with Crippen molar-refractivity contribution in [2.45, 2.75) is 71.4 Å². The van der Waals surface area contributed by atoms with Gasteiger partial charge in [-0.3, -0.25) is 9.59 Å². The van der Waals surface area contributed by atoms with E-state index < -0.39 is 17.6 Å². The predicted octanol–water partition coefficient (Wildman–Crippen LogP) is 2.42. The van der Waals surface area contributed by atoms with Crippen molar-refractivity contribution in [2.75, 3.05) is 7.11 Å². The molecule has 0 spiro atoms. The van der Waals surface area contributed by atoms with Crippen molar-refractivity contribution in [3.63, 3.8) is 0 Å². The number of nitrogens with two attached hydrogens (primary N) is 1. The van der Waals surface area contributed by atoms with E-state index >= 15 is 0 Å². The van der Waals surface area contributed by atoms with Crippen LogP contribution < -0.4 is 5.73 Å². The summed E-state index contributed by atoms with van der Waals surface area (Å²) >= 11 is 0. The molecule has 2 N–H and O–H groups in total. The summed E-state index contributed by atoms with van der Waals surface area (Å²) in [7, 11) is 1.33. The highest BCUT2D eigenvalue weighted by Gasteiger charge is 2.22. The lowest BCUT2D eigenvalue weighted by Gasteiger charge is -2.22. The molecule has 0 aromatic heterocycles. The Bertz CT molecular complexity index is 309. The monoisotopic (exact) mass is 287 g/mol. The van der Waals surface area contributed by atoms with Gasteiger partial charge in [0.2, 0.25) is 0 Å². The van der Waals surface area contributed by atoms with E-state index in [0.29, 0.717) is 19.3 Å². The third-order valence-electron chi connectivity index (χ3n) is 2.96. The van der Waals surface area contributed by atoms with Crippen LogP contribution in [0.15, 0.2) is 0 Å². The molecule has 5 heteroatoms. The zero-order chi connectivity index (χ0) is 15.8. The van der Waals surface area contributed by atoms with Gasteiger partial charge in [-0.25, -0.2) is 0 Å². The van der Waals surface area contributed by atoms with Gasteiger partial charge in [0.25, 0.3) is 0 Å². The molecule has 0 aliphatic rings. The van der Waals surface area contributed by atoms with Gasteiger partial charge >= 0.3 is 11.9 Å². The first kappa shape index (κ1) is 18.9. The van der Waals surface area contributed by atoms with Crippen LogP contribution in [0.1, 0.15) is 59.8 Å². The highest BCUT2D eigenvalue weighted by Crippen LogP contribution is 2.20. The molecule has 0 bridgehead atoms. The van der Waals surface area contributed by atoms with Crippen LogP contribution in [0.2, 0.25) is 0 Å². The van der Waals surface area contributed by atoms with Crippen molar-refractivity contribution in [1.82, 2.24) is 0 Å². The number of carbonyl (C=O) groups is 2. The first-order valence-electron chi connectivity index (χ1n) is 7.24. The number of hydrogen-bond donors (Lipinski definition) is 1. The lowest BCUT2D eigenvalue weighted by atomic mass is 9.91. The summed E-state index contributed by atoms with van der Waals surface area (Å²) in [4.78, 5) is 23.0. The second kappa shape index (κ2) is 8.95. The molecule has 0 saturated heterocycles. The van der Waals surface area contributed by atoms with E-state index in [1.807, 2.05) is 20.8 Å². The Morgan fingerprint density at radius 1 is 1.20 bits per heavy atom. The minimum absolute atomic E-state index is 0.203. The molecular weight excluding hydrogens is 258 g/mol. The highest BCUT2D eigenvalue weighted by atomic mass is 16.6. The van der Waals surface area contributed by atoms with Gasteiger partial charge in [-0.05, 0) is 39.5 Å². The standard InChI is InChI=1S/C15H29NO4/c1-6-7-11(10-12(16)14(18)19-5)8-9-13(17)20-15(2,3)4/h11-12H,6-10,16H2,1-5H3. The van der Waals surface area contributed by atoms with E-state index in [1.54, 1.807) is 0 Å². The number of carbonyl (C=O) groups excluding carboxylic acids is 2. The number of rotatable bonds is 8. The third kappa shape index (κ3) is 8.91. The zero-order valence-electron chi connectivity index (χ0n) is 13.4. The molecule has 0 aromatic carbocycles. The summed E-state index contributed by atoms with van der Waals surface area (Å²) < 4.78 is 9.90. The zero-order valence-corrected chi connectivity index (χ0v) is 13.4. The van der Waals surface area contributed by atoms with Crippen LogP contribution in [0.3, 0.4) is 0 Å². The molecule has 2 atom stereocenters. The van der Waals surface area contributed by atoms with Crippen molar-refractivity contribution < 1.29 is 19.1 Å². The van der Waals surface area contributed by atoms with Crippen LogP contribution in [-0.2, 0) is 19.1 Å². The van der Waals surface area contributed by atoms with Crippen LogP contribution in [-0.4, -0.2) is 30.7 Å². The van der Waals surface area contributed by atoms with E-state index in [4.69, 9.17) is 10.5 Å². The molecule has 0 aliphatic carbocycles. The number of methoxy groups -OCH3 is 1. The van der Waals surface area contributed by atoms with E-state index in [2.05, 4.69) is 11.7 Å². The third-order valence-corrected chi connectivity index (χ3v) is 2.96. The molecule has 0 saturated carbocycles. The Kier molecular flexibility index (Phi) is 8.46. The van der Waals surface area contributed by atoms with E-state index in [-0.39, 0.29) is 11.9 Å². The summed E-state index contributed by atoms with van der Waals surface area (Å²) in [6.45, 7) is 7.62. The molecule has 0 rings (SSSR count). The fourth-order valence-electron chi connectivity index (χ4n) is 2.11. The van der Waals surface area contributed by atoms with Crippen molar-refractivity contribution >= 4 is 11.9 Å². The Hall–Kier alpha value is -1.10. The minimum atomic E-state index is -0.616. The summed E-state index contributed by atoms with van der Waals surface area (Å²) in [6.07, 6.45) is 3.52. The van der Waals surface area contributed by atoms with E-state index in [9.17, 15) is 9.59 Å². The molecule has 0 amide bonds. The maximum Gasteiger partial charge on any atom is 0.322 e. The Morgan fingerprint density at radius 2 is 1.80 bits per heavy atom. The van der Waals surface area contributed by atoms with Crippen LogP contribution in [0.5, 0.6) is 0 Å². The fourth-order valence-corrected chi connectivity index (χ4v) is 2.11. The number of hydrogen-bond acceptors (Lipinski definition) is 5. The van der Waals surface area contributed by atoms with Gasteiger partial charge in [0.1, 0.15) is 11.6 Å². The van der Waals surface area contributed by atoms with Crippen molar-refractivity contribution in [3.8, 4) is 0 Å². The second-order valence-electron chi connectivity index (χ2n) is 6.15. The maximum atomic E-state index is 11.7. The summed E-state index contributed by atoms with van der Waals surface area (Å²) in [5.41, 5.74) is 5.32. The second-order valence-corrected chi connectivity index (χ2v) is 6.15. The predicted molar refractivity (Wildman–Crippen MR) is 78.1 cm³/mol. The smallest absolute Gasteiger partial charge is 0.322 e. The highest BCUT2D eigenvalue weighted by molar-refractivity contribution is 5.75. The summed E-state index contributed by atoms with van der Waals surface area (Å²) in [5.74, 6) is -0.366. The van der Waals surface area contributed by atoms with Gasteiger partial charge in [-0.15, -0.1) is 0 Å². The van der Waals surface area contributed by atoms with E-state index in [0.717, 1.165) is 12.8 Å². The molecule has 0 heterocycles. The van der Waals surface area contributed by atoms with Crippen molar-refractivity contribution in [2.24, 2.45) is 11.7 Å². The molecule has 0 aromatic rings. The van der Waals surface area contributed by atoms with Gasteiger partial charge < -0.3 is 15.2 Å². The molecule has 118 valence electrons. The van der Waals surface area contributed by atoms with Crippen LogP contribution in [0, 0.1) is 5.92 Å². The van der Waals surface area contributed by atoms with Crippen LogP contribution in [0.4, 0.5) is 0 Å². The van der Waals surface area contributed by atoms with Crippen LogP contribution >= 0.6 is 0 Å². The Labute approximate surface area is 122 Å². The molecular formula is C15H29NO4. The first-order valence-corrected chi connectivity index (χ1v) is 7.24. The van der Waals surface area contributed by atoms with Crippen molar-refractivity contribution in [3.05, 3.63) is 0 Å². The normalized spacial score (nSPS) is 14.5. The van der Waals surface area contributed by atoms with Gasteiger partial charge in [0.05, 0.1) is 7.11 Å². The molecule has 2 unspecified atom stereocenters. The molecule has 20 heavy (non-hydrogen) atoms. The Balaban J connectivity index is 4.27. The number of esters is 2. The first-order chi connectivity index (χ1) is 9.19. The average Bonchev–Trinajstić information content (AvgIpc) is 2.33. The Morgan fingerprint density at radius 3 is 2.25 bits per heavy atom. The summed E-state index contributed by atoms with van der Waals surface area (Å²) in [5, 5.41) is 0. The maximum absolute atomic E-state index is 11.7. The van der Waals surface area contributed by atoms with Gasteiger partial charge in [0.15, 0.2) is 0 Å². The quantitative estimate of drug-likeness (QED) is 0.694. The molecule has 5 nitrogen and oxygen atoms in total. The van der Waals surface area contributed by atoms with Crippen molar-refractivity contribution in [1.29, 1.82) is 0 Å². The van der Waals surface area contributed by atoms with E-state index in [1.165, 1.54) is 7.11 Å². The topological polar surface area (TPSA) is 78.6 Å². The lowest BCUT2D eigenvalue weighted by molar-refractivity contribution is -0.155. The lowest BCUT2D eigenvalue weighted by Crippen LogP contribution is -2.34. The minimum Gasteiger partial charge on any atom is -0.468 e. The van der Waals surface area contributed by atoms with Crippen LogP contribution in [0.25, 0.3) is 0 Å². The molecule has 0 fully saturated rings. The molecule has 0 radical (unpaired) electrons. The van der Waals surface area contributed by atoms with Gasteiger partial charge in [0, 0.05) is 6.42 Å². The molecule has 0 aliphatic heterocycles.